The van der Waals surface area contributed by atoms with Crippen molar-refractivity contribution in [3.05, 3.63) is 34.9 Å². The predicted molar refractivity (Wildman–Crippen MR) is 110 cm³/mol. The van der Waals surface area contributed by atoms with Crippen LogP contribution in [-0.4, -0.2) is 0 Å². The Balaban J connectivity index is 1.45. The van der Waals surface area contributed by atoms with Crippen LogP contribution in [0.25, 0.3) is 0 Å². The Labute approximate surface area is 177 Å². The van der Waals surface area contributed by atoms with E-state index in [-0.39, 0.29) is 0 Å². The van der Waals surface area contributed by atoms with Crippen LogP contribution in [0.1, 0.15) is 88.7 Å². The van der Waals surface area contributed by atoms with Crippen LogP contribution >= 0.6 is 11.6 Å². The summed E-state index contributed by atoms with van der Waals surface area (Å²) in [4.78, 5) is 0. The molecular formula is C24H33ClF4. The zero-order chi connectivity index (χ0) is 21.0. The van der Waals surface area contributed by atoms with E-state index in [1.54, 1.807) is 0 Å². The minimum Gasteiger partial charge on any atom is -0.206 e. The van der Waals surface area contributed by atoms with E-state index in [4.69, 9.17) is 11.6 Å². The SMILES string of the molecule is CCCC1CCC(C2CCC(CCc3cc(F)c(C(F)(F)Cl)c(F)c3)CC2)CC1. The lowest BCUT2D eigenvalue weighted by Gasteiger charge is -2.38. The van der Waals surface area contributed by atoms with Crippen molar-refractivity contribution in [2.45, 2.75) is 89.4 Å². The number of aryl methyl sites for hydroxylation is 1. The quantitative estimate of drug-likeness (QED) is 0.299. The lowest BCUT2D eigenvalue weighted by atomic mass is 9.68. The van der Waals surface area contributed by atoms with Crippen LogP contribution in [0.2, 0.25) is 0 Å². The third-order valence-corrected chi connectivity index (χ3v) is 7.56. The molecule has 2 fully saturated rings. The third kappa shape index (κ3) is 6.12. The standard InChI is InChI=1S/C24H33ClF4/c1-2-3-16-6-10-19(11-7-16)20-12-8-17(9-13-20)4-5-18-14-21(26)23(22(27)15-18)24(25,28)29/h14-17,19-20H,2-13H2,1H3. The van der Waals surface area contributed by atoms with Gasteiger partial charge >= 0.3 is 5.38 Å². The molecule has 0 heterocycles. The first-order valence-corrected chi connectivity index (χ1v) is 11.7. The first kappa shape index (κ1) is 22.9. The number of hydrogen-bond acceptors (Lipinski definition) is 0. The minimum atomic E-state index is -4.03. The molecule has 0 radical (unpaired) electrons. The molecule has 0 amide bonds. The molecule has 0 saturated heterocycles. The molecule has 2 saturated carbocycles. The first-order chi connectivity index (χ1) is 13.8. The van der Waals surface area contributed by atoms with E-state index in [0.29, 0.717) is 17.9 Å². The molecule has 5 heteroatoms. The summed E-state index contributed by atoms with van der Waals surface area (Å²) < 4.78 is 54.0. The van der Waals surface area contributed by atoms with Crippen molar-refractivity contribution in [1.82, 2.24) is 0 Å². The van der Waals surface area contributed by atoms with Crippen LogP contribution in [-0.2, 0) is 11.8 Å². The second-order valence-electron chi connectivity index (χ2n) is 9.32. The molecule has 0 N–H and O–H groups in total. The van der Waals surface area contributed by atoms with Crippen molar-refractivity contribution in [2.24, 2.45) is 23.7 Å². The first-order valence-electron chi connectivity index (χ1n) is 11.3. The van der Waals surface area contributed by atoms with Gasteiger partial charge in [-0.15, -0.1) is 0 Å². The van der Waals surface area contributed by atoms with Crippen molar-refractivity contribution in [3.63, 3.8) is 0 Å². The molecule has 0 atom stereocenters. The number of halogens is 5. The summed E-state index contributed by atoms with van der Waals surface area (Å²) in [7, 11) is 0. The maximum atomic E-state index is 13.9. The highest BCUT2D eigenvalue weighted by atomic mass is 35.5. The monoisotopic (exact) mass is 432 g/mol. The van der Waals surface area contributed by atoms with E-state index in [9.17, 15) is 17.6 Å². The number of benzene rings is 1. The summed E-state index contributed by atoms with van der Waals surface area (Å²) in [5.41, 5.74) is -0.918. The van der Waals surface area contributed by atoms with Crippen molar-refractivity contribution >= 4 is 11.6 Å². The molecule has 29 heavy (non-hydrogen) atoms. The zero-order valence-electron chi connectivity index (χ0n) is 17.3. The Morgan fingerprint density at radius 3 is 1.69 bits per heavy atom. The van der Waals surface area contributed by atoms with E-state index < -0.39 is 22.6 Å². The van der Waals surface area contributed by atoms with Gasteiger partial charge in [0.15, 0.2) is 0 Å². The van der Waals surface area contributed by atoms with Crippen molar-refractivity contribution in [2.75, 3.05) is 0 Å². The summed E-state index contributed by atoms with van der Waals surface area (Å²) in [5.74, 6) is 0.706. The number of alkyl halides is 3. The van der Waals surface area contributed by atoms with Gasteiger partial charge < -0.3 is 0 Å². The molecule has 3 rings (SSSR count). The highest BCUT2D eigenvalue weighted by Gasteiger charge is 2.35. The molecule has 164 valence electrons. The molecular weight excluding hydrogens is 400 g/mol. The van der Waals surface area contributed by atoms with Gasteiger partial charge in [0, 0.05) is 0 Å². The van der Waals surface area contributed by atoms with Gasteiger partial charge in [0.05, 0.1) is 0 Å². The Bertz CT molecular complexity index is 630. The highest BCUT2D eigenvalue weighted by Crippen LogP contribution is 2.43. The average Bonchev–Trinajstić information content (AvgIpc) is 2.66. The Morgan fingerprint density at radius 1 is 0.828 bits per heavy atom. The van der Waals surface area contributed by atoms with E-state index in [1.165, 1.54) is 64.2 Å². The molecule has 0 aliphatic heterocycles. The molecule has 0 nitrogen and oxygen atoms in total. The third-order valence-electron chi connectivity index (χ3n) is 7.37. The van der Waals surface area contributed by atoms with E-state index in [0.717, 1.165) is 36.3 Å². The van der Waals surface area contributed by atoms with Gasteiger partial charge in [-0.25, -0.2) is 8.78 Å². The summed E-state index contributed by atoms with van der Waals surface area (Å²) in [6.45, 7) is 2.28. The smallest absolute Gasteiger partial charge is 0.206 e. The largest absolute Gasteiger partial charge is 0.353 e. The molecule has 0 unspecified atom stereocenters. The van der Waals surface area contributed by atoms with E-state index in [2.05, 4.69) is 6.92 Å². The average molecular weight is 433 g/mol. The second kappa shape index (κ2) is 10.0. The van der Waals surface area contributed by atoms with Crippen LogP contribution in [0.4, 0.5) is 17.6 Å². The van der Waals surface area contributed by atoms with Gasteiger partial charge in [-0.05, 0) is 91.5 Å². The number of hydrogen-bond donors (Lipinski definition) is 0. The maximum absolute atomic E-state index is 13.9. The molecule has 1 aromatic rings. The zero-order valence-corrected chi connectivity index (χ0v) is 18.1. The molecule has 2 aliphatic carbocycles. The van der Waals surface area contributed by atoms with Crippen molar-refractivity contribution in [1.29, 1.82) is 0 Å². The van der Waals surface area contributed by atoms with Gasteiger partial charge in [-0.1, -0.05) is 45.4 Å². The van der Waals surface area contributed by atoms with Gasteiger partial charge in [0.25, 0.3) is 0 Å². The molecule has 0 spiro atoms. The normalized spacial score (nSPS) is 28.5. The van der Waals surface area contributed by atoms with Crippen LogP contribution in [0.3, 0.4) is 0 Å². The molecule has 0 aromatic heterocycles. The van der Waals surface area contributed by atoms with Crippen LogP contribution in [0, 0.1) is 35.3 Å². The lowest BCUT2D eigenvalue weighted by molar-refractivity contribution is 0.0858. The molecule has 2 aliphatic rings. The molecule has 1 aromatic carbocycles. The summed E-state index contributed by atoms with van der Waals surface area (Å²) in [6, 6.07) is 2.02. The van der Waals surface area contributed by atoms with E-state index in [1.807, 2.05) is 0 Å². The summed E-state index contributed by atoms with van der Waals surface area (Å²) in [6.07, 6.45) is 14.5. The molecule has 0 bridgehead atoms. The predicted octanol–water partition coefficient (Wildman–Crippen LogP) is 8.60. The lowest BCUT2D eigenvalue weighted by Crippen LogP contribution is -2.26. The Morgan fingerprint density at radius 2 is 1.28 bits per heavy atom. The van der Waals surface area contributed by atoms with Crippen LogP contribution in [0.15, 0.2) is 12.1 Å². The topological polar surface area (TPSA) is 0 Å². The number of rotatable bonds is 7. The highest BCUT2D eigenvalue weighted by molar-refractivity contribution is 6.21. The Hall–Kier alpha value is -0.770. The fourth-order valence-electron chi connectivity index (χ4n) is 5.72. The van der Waals surface area contributed by atoms with Crippen molar-refractivity contribution in [3.8, 4) is 0 Å². The van der Waals surface area contributed by atoms with Gasteiger partial charge in [0.2, 0.25) is 0 Å². The van der Waals surface area contributed by atoms with Gasteiger partial charge in [0.1, 0.15) is 17.2 Å². The fraction of sp³-hybridized carbons (Fsp3) is 0.750. The fourth-order valence-corrected chi connectivity index (χ4v) is 5.90. The summed E-state index contributed by atoms with van der Waals surface area (Å²) in [5, 5.41) is -4.03. The van der Waals surface area contributed by atoms with E-state index >= 15 is 0 Å². The van der Waals surface area contributed by atoms with Crippen LogP contribution < -0.4 is 0 Å². The maximum Gasteiger partial charge on any atom is 0.353 e. The minimum absolute atomic E-state index is 0.432. The second-order valence-corrected chi connectivity index (χ2v) is 9.80. The van der Waals surface area contributed by atoms with Crippen LogP contribution in [0.5, 0.6) is 0 Å². The van der Waals surface area contributed by atoms with Gasteiger partial charge in [-0.3, -0.25) is 0 Å². The van der Waals surface area contributed by atoms with Gasteiger partial charge in [-0.2, -0.15) is 8.78 Å². The Kier molecular flexibility index (Phi) is 7.92. The van der Waals surface area contributed by atoms with Crippen molar-refractivity contribution < 1.29 is 17.6 Å². The summed E-state index contributed by atoms with van der Waals surface area (Å²) >= 11 is 4.81.